The summed E-state index contributed by atoms with van der Waals surface area (Å²) in [5.41, 5.74) is 1.06. The summed E-state index contributed by atoms with van der Waals surface area (Å²) in [5, 5.41) is 0. The molecule has 0 aliphatic carbocycles. The van der Waals surface area contributed by atoms with Crippen molar-refractivity contribution in [2.45, 2.75) is 43.9 Å². The monoisotopic (exact) mass is 417 g/mol. The zero-order valence-corrected chi connectivity index (χ0v) is 17.5. The number of aromatic nitrogens is 1. The number of ether oxygens (including phenoxy) is 1. The van der Waals surface area contributed by atoms with E-state index in [-0.39, 0.29) is 47.0 Å². The predicted molar refractivity (Wildman–Crippen MR) is 110 cm³/mol. The van der Waals surface area contributed by atoms with E-state index >= 15 is 0 Å². The molecular formula is C21H27N3O4S. The highest BCUT2D eigenvalue weighted by Crippen LogP contribution is 2.35. The van der Waals surface area contributed by atoms with Crippen LogP contribution in [0.15, 0.2) is 16.9 Å². The highest BCUT2D eigenvalue weighted by atomic mass is 32.2. The number of rotatable bonds is 3. The van der Waals surface area contributed by atoms with E-state index in [1.807, 2.05) is 17.2 Å². The van der Waals surface area contributed by atoms with Crippen molar-refractivity contribution in [1.29, 1.82) is 0 Å². The van der Waals surface area contributed by atoms with Gasteiger partial charge in [0.05, 0.1) is 18.0 Å². The van der Waals surface area contributed by atoms with Crippen molar-refractivity contribution in [2.24, 2.45) is 5.92 Å². The lowest BCUT2D eigenvalue weighted by atomic mass is 9.83. The number of amides is 2. The van der Waals surface area contributed by atoms with Gasteiger partial charge in [-0.15, -0.1) is 0 Å². The number of carbonyl (C=O) groups is 2. The van der Waals surface area contributed by atoms with Gasteiger partial charge >= 0.3 is 0 Å². The quantitative estimate of drug-likeness (QED) is 0.738. The number of nitrogens with zero attached hydrogens (tertiary/aromatic N) is 3. The summed E-state index contributed by atoms with van der Waals surface area (Å²) in [6, 6.07) is 3.64. The van der Waals surface area contributed by atoms with Gasteiger partial charge in [0.1, 0.15) is 5.56 Å². The van der Waals surface area contributed by atoms with Crippen LogP contribution in [-0.2, 0) is 16.1 Å². The van der Waals surface area contributed by atoms with E-state index in [4.69, 9.17) is 4.74 Å². The van der Waals surface area contributed by atoms with Crippen molar-refractivity contribution in [3.63, 3.8) is 0 Å². The van der Waals surface area contributed by atoms with Crippen LogP contribution < -0.4 is 5.56 Å². The second-order valence-electron chi connectivity index (χ2n) is 8.79. The Morgan fingerprint density at radius 1 is 1.07 bits per heavy atom. The van der Waals surface area contributed by atoms with E-state index in [1.165, 1.54) is 0 Å². The molecule has 0 saturated carbocycles. The number of thioether (sulfide) groups is 1. The molecule has 0 radical (unpaired) electrons. The molecule has 0 unspecified atom stereocenters. The van der Waals surface area contributed by atoms with Crippen molar-refractivity contribution in [3.8, 4) is 0 Å². The van der Waals surface area contributed by atoms with E-state index in [2.05, 4.69) is 0 Å². The highest BCUT2D eigenvalue weighted by Gasteiger charge is 2.39. The van der Waals surface area contributed by atoms with Gasteiger partial charge in [0.15, 0.2) is 0 Å². The van der Waals surface area contributed by atoms with Crippen LogP contribution >= 0.6 is 11.8 Å². The number of likely N-dealkylation sites (tertiary alicyclic amines) is 2. The van der Waals surface area contributed by atoms with Gasteiger partial charge in [-0.05, 0) is 43.6 Å². The second kappa shape index (κ2) is 7.47. The molecule has 4 aliphatic heterocycles. The SMILES string of the molecule is CSCC(=O)N1C[C@@H]2C[C@H](C1)c1ccc(C(=O)N3C[C@H]4CC[C@@H](C3)O4)c(=O)n1C2. The van der Waals surface area contributed by atoms with Crippen molar-refractivity contribution in [3.05, 3.63) is 33.7 Å². The van der Waals surface area contributed by atoms with Crippen LogP contribution in [0.1, 0.15) is 41.2 Å². The van der Waals surface area contributed by atoms with Crippen LogP contribution in [0.3, 0.4) is 0 Å². The summed E-state index contributed by atoms with van der Waals surface area (Å²) in [6.45, 7) is 3.11. The Bertz CT molecular complexity index is 888. The van der Waals surface area contributed by atoms with Crippen LogP contribution in [0.2, 0.25) is 0 Å². The summed E-state index contributed by atoms with van der Waals surface area (Å²) in [6.07, 6.45) is 5.15. The van der Waals surface area contributed by atoms with Gasteiger partial charge < -0.3 is 19.1 Å². The minimum Gasteiger partial charge on any atom is -0.371 e. The molecule has 4 aliphatic rings. The normalized spacial score (nSPS) is 30.2. The fraction of sp³-hybridized carbons (Fsp3) is 0.667. The molecule has 5 heterocycles. The largest absolute Gasteiger partial charge is 0.371 e. The Kier molecular flexibility index (Phi) is 4.94. The van der Waals surface area contributed by atoms with Gasteiger partial charge in [0, 0.05) is 44.3 Å². The maximum atomic E-state index is 13.2. The Morgan fingerprint density at radius 2 is 1.83 bits per heavy atom. The number of carbonyl (C=O) groups excluding carboxylic acids is 2. The number of piperidine rings is 1. The molecular weight excluding hydrogens is 390 g/mol. The summed E-state index contributed by atoms with van der Waals surface area (Å²) in [4.78, 5) is 42.4. The first-order valence-electron chi connectivity index (χ1n) is 10.5. The molecule has 2 amide bonds. The van der Waals surface area contributed by atoms with Crippen molar-refractivity contribution in [1.82, 2.24) is 14.4 Å². The van der Waals surface area contributed by atoms with E-state index in [0.717, 1.165) is 25.0 Å². The van der Waals surface area contributed by atoms with Crippen molar-refractivity contribution < 1.29 is 14.3 Å². The van der Waals surface area contributed by atoms with E-state index in [9.17, 15) is 14.4 Å². The van der Waals surface area contributed by atoms with Crippen LogP contribution in [0.5, 0.6) is 0 Å². The van der Waals surface area contributed by atoms with Crippen LogP contribution in [0, 0.1) is 5.92 Å². The maximum absolute atomic E-state index is 13.2. The summed E-state index contributed by atoms with van der Waals surface area (Å²) >= 11 is 1.55. The number of pyridine rings is 1. The van der Waals surface area contributed by atoms with Gasteiger partial charge in [-0.25, -0.2) is 0 Å². The fourth-order valence-electron chi connectivity index (χ4n) is 5.48. The van der Waals surface area contributed by atoms with Crippen molar-refractivity contribution in [2.75, 3.05) is 38.2 Å². The molecule has 3 saturated heterocycles. The van der Waals surface area contributed by atoms with Gasteiger partial charge in [0.2, 0.25) is 5.91 Å². The average molecular weight is 418 g/mol. The minimum absolute atomic E-state index is 0.113. The highest BCUT2D eigenvalue weighted by molar-refractivity contribution is 7.99. The third kappa shape index (κ3) is 3.40. The van der Waals surface area contributed by atoms with E-state index in [1.54, 1.807) is 27.3 Å². The van der Waals surface area contributed by atoms with E-state index < -0.39 is 0 Å². The van der Waals surface area contributed by atoms with Crippen molar-refractivity contribution >= 4 is 23.6 Å². The Balaban J connectivity index is 1.39. The molecule has 7 nitrogen and oxygen atoms in total. The molecule has 156 valence electrons. The molecule has 0 spiro atoms. The lowest BCUT2D eigenvalue weighted by Gasteiger charge is -2.43. The Morgan fingerprint density at radius 3 is 2.55 bits per heavy atom. The zero-order valence-electron chi connectivity index (χ0n) is 16.7. The smallest absolute Gasteiger partial charge is 0.263 e. The molecule has 4 atom stereocenters. The summed E-state index contributed by atoms with van der Waals surface area (Å²) in [7, 11) is 0. The molecule has 3 fully saturated rings. The lowest BCUT2D eigenvalue weighted by Crippen LogP contribution is -2.51. The van der Waals surface area contributed by atoms with Gasteiger partial charge in [-0.1, -0.05) is 0 Å². The zero-order chi connectivity index (χ0) is 20.1. The van der Waals surface area contributed by atoms with Crippen LogP contribution in [-0.4, -0.2) is 76.6 Å². The molecule has 4 bridgehead atoms. The third-order valence-corrected chi connectivity index (χ3v) is 7.32. The topological polar surface area (TPSA) is 71.9 Å². The van der Waals surface area contributed by atoms with Crippen LogP contribution in [0.4, 0.5) is 0 Å². The molecule has 5 rings (SSSR count). The number of hydrogen-bond acceptors (Lipinski definition) is 5. The first-order chi connectivity index (χ1) is 14.0. The molecule has 0 N–H and O–H groups in total. The third-order valence-electron chi connectivity index (χ3n) is 6.79. The molecule has 29 heavy (non-hydrogen) atoms. The average Bonchev–Trinajstić information content (AvgIpc) is 3.06. The van der Waals surface area contributed by atoms with Crippen LogP contribution in [0.25, 0.3) is 0 Å². The first-order valence-corrected chi connectivity index (χ1v) is 11.9. The van der Waals surface area contributed by atoms with Gasteiger partial charge in [0.25, 0.3) is 11.5 Å². The van der Waals surface area contributed by atoms with Gasteiger partial charge in [-0.3, -0.25) is 14.4 Å². The second-order valence-corrected chi connectivity index (χ2v) is 9.65. The molecule has 1 aromatic rings. The molecule has 1 aromatic heterocycles. The van der Waals surface area contributed by atoms with Gasteiger partial charge in [-0.2, -0.15) is 11.8 Å². The number of fused-ring (bicyclic) bond motifs is 6. The summed E-state index contributed by atoms with van der Waals surface area (Å²) < 4.78 is 7.62. The Hall–Kier alpha value is -1.80. The summed E-state index contributed by atoms with van der Waals surface area (Å²) in [5.74, 6) is 0.954. The molecule has 0 aromatic carbocycles. The number of morpholine rings is 1. The standard InChI is InChI=1S/C21H27N3O4S/c1-29-12-19(25)22-7-13-6-14(9-22)18-5-4-17(21(27)24(18)8-13)20(26)23-10-15-2-3-16(11-23)28-15/h4-5,13-16H,2-3,6-12H2,1H3/t13-,14+,15-,16+/m0/s1. The Labute approximate surface area is 174 Å². The maximum Gasteiger partial charge on any atom is 0.263 e. The first kappa shape index (κ1) is 19.2. The van der Waals surface area contributed by atoms with E-state index in [0.29, 0.717) is 38.5 Å². The minimum atomic E-state index is -0.176. The predicted octanol–water partition coefficient (Wildman–Crippen LogP) is 1.16. The fourth-order valence-corrected chi connectivity index (χ4v) is 5.91. The molecule has 8 heteroatoms. The number of hydrogen-bond donors (Lipinski definition) is 0. The lowest BCUT2D eigenvalue weighted by molar-refractivity contribution is -0.131.